The van der Waals surface area contributed by atoms with Crippen LogP contribution in [0.1, 0.15) is 23.8 Å². The first-order valence-electron chi connectivity index (χ1n) is 4.73. The Labute approximate surface area is 90.7 Å². The van der Waals surface area contributed by atoms with Crippen LogP contribution in [0.25, 0.3) is 0 Å². The summed E-state index contributed by atoms with van der Waals surface area (Å²) in [5.74, 6) is 0.315. The van der Waals surface area contributed by atoms with E-state index in [1.165, 1.54) is 16.2 Å². The van der Waals surface area contributed by atoms with Crippen LogP contribution in [0.4, 0.5) is 9.93 Å². The number of likely N-dealkylation sites (tertiary alicyclic amines) is 1. The average Bonchev–Trinajstić information content (AvgIpc) is 2.65. The number of nitrogen functional groups attached to an aromatic ring is 1. The van der Waals surface area contributed by atoms with Gasteiger partial charge in [0, 0.05) is 19.0 Å². The highest BCUT2D eigenvalue weighted by molar-refractivity contribution is 7.15. The van der Waals surface area contributed by atoms with Gasteiger partial charge in [-0.25, -0.2) is 4.79 Å². The quantitative estimate of drug-likeness (QED) is 0.747. The molecule has 1 aliphatic heterocycles. The van der Waals surface area contributed by atoms with Gasteiger partial charge < -0.3 is 15.7 Å². The number of anilines is 1. The minimum atomic E-state index is -0.842. The first kappa shape index (κ1) is 10.2. The number of piperidine rings is 1. The summed E-state index contributed by atoms with van der Waals surface area (Å²) in [6.45, 7) is 1.14. The number of rotatable bonds is 1. The van der Waals surface area contributed by atoms with Crippen LogP contribution in [-0.2, 0) is 0 Å². The highest BCUT2D eigenvalue weighted by Crippen LogP contribution is 2.30. The van der Waals surface area contributed by atoms with Crippen molar-refractivity contribution >= 4 is 22.6 Å². The Morgan fingerprint density at radius 2 is 2.13 bits per heavy atom. The molecule has 0 radical (unpaired) electrons. The first-order chi connectivity index (χ1) is 7.16. The molecule has 6 nitrogen and oxygen atoms in total. The van der Waals surface area contributed by atoms with Crippen molar-refractivity contribution in [2.75, 3.05) is 18.8 Å². The Kier molecular flexibility index (Phi) is 2.72. The molecule has 2 heterocycles. The van der Waals surface area contributed by atoms with Gasteiger partial charge in [0.1, 0.15) is 5.01 Å². The Hall–Kier alpha value is -1.37. The van der Waals surface area contributed by atoms with E-state index < -0.39 is 6.09 Å². The Balaban J connectivity index is 1.96. The maximum atomic E-state index is 10.7. The zero-order valence-corrected chi connectivity index (χ0v) is 8.90. The lowest BCUT2D eigenvalue weighted by molar-refractivity contribution is 0.132. The van der Waals surface area contributed by atoms with Gasteiger partial charge in [0.2, 0.25) is 5.13 Å². The number of hydrogen-bond acceptors (Lipinski definition) is 5. The second kappa shape index (κ2) is 4.01. The van der Waals surface area contributed by atoms with Gasteiger partial charge in [-0.2, -0.15) is 0 Å². The van der Waals surface area contributed by atoms with Crippen LogP contribution in [-0.4, -0.2) is 39.4 Å². The third-order valence-electron chi connectivity index (χ3n) is 2.57. The molecule has 2 rings (SSSR count). The lowest BCUT2D eigenvalue weighted by atomic mass is 9.98. The molecule has 0 atom stereocenters. The van der Waals surface area contributed by atoms with Gasteiger partial charge in [-0.3, -0.25) is 0 Å². The van der Waals surface area contributed by atoms with Crippen LogP contribution < -0.4 is 5.73 Å². The largest absolute Gasteiger partial charge is 0.465 e. The topological polar surface area (TPSA) is 92.3 Å². The molecular weight excluding hydrogens is 216 g/mol. The maximum absolute atomic E-state index is 10.7. The highest BCUT2D eigenvalue weighted by Gasteiger charge is 2.25. The summed E-state index contributed by atoms with van der Waals surface area (Å²) < 4.78 is 0. The Morgan fingerprint density at radius 3 is 2.60 bits per heavy atom. The van der Waals surface area contributed by atoms with E-state index in [1.807, 2.05) is 0 Å². The van der Waals surface area contributed by atoms with E-state index >= 15 is 0 Å². The van der Waals surface area contributed by atoms with Gasteiger partial charge in [-0.05, 0) is 12.8 Å². The second-order valence-electron chi connectivity index (χ2n) is 3.52. The Morgan fingerprint density at radius 1 is 1.47 bits per heavy atom. The monoisotopic (exact) mass is 228 g/mol. The van der Waals surface area contributed by atoms with Crippen molar-refractivity contribution in [2.24, 2.45) is 0 Å². The van der Waals surface area contributed by atoms with Gasteiger partial charge in [-0.1, -0.05) is 11.3 Å². The number of amides is 1. The molecule has 0 spiro atoms. The number of carbonyl (C=O) groups is 1. The molecule has 7 heteroatoms. The third kappa shape index (κ3) is 2.17. The van der Waals surface area contributed by atoms with Gasteiger partial charge in [0.25, 0.3) is 0 Å². The lowest BCUT2D eigenvalue weighted by Crippen LogP contribution is -2.36. The minimum absolute atomic E-state index is 0.315. The van der Waals surface area contributed by atoms with Crippen LogP contribution in [0.15, 0.2) is 0 Å². The number of hydrogen-bond donors (Lipinski definition) is 2. The van der Waals surface area contributed by atoms with E-state index in [0.717, 1.165) is 17.8 Å². The molecule has 0 unspecified atom stereocenters. The van der Waals surface area contributed by atoms with Gasteiger partial charge in [0.05, 0.1) is 0 Å². The second-order valence-corrected chi connectivity index (χ2v) is 4.56. The zero-order chi connectivity index (χ0) is 10.8. The lowest BCUT2D eigenvalue weighted by Gasteiger charge is -2.28. The van der Waals surface area contributed by atoms with E-state index in [2.05, 4.69) is 10.2 Å². The van der Waals surface area contributed by atoms with E-state index in [4.69, 9.17) is 10.8 Å². The highest BCUT2D eigenvalue weighted by atomic mass is 32.1. The predicted molar refractivity (Wildman–Crippen MR) is 55.9 cm³/mol. The fourth-order valence-corrected chi connectivity index (χ4v) is 2.51. The van der Waals surface area contributed by atoms with Gasteiger partial charge in [-0.15, -0.1) is 10.2 Å². The molecule has 1 amide bonds. The van der Waals surface area contributed by atoms with Crippen LogP contribution >= 0.6 is 11.3 Å². The molecule has 0 saturated carbocycles. The molecule has 15 heavy (non-hydrogen) atoms. The van der Waals surface area contributed by atoms with Crippen LogP contribution in [0, 0.1) is 0 Å². The molecule has 1 saturated heterocycles. The van der Waals surface area contributed by atoms with E-state index in [0.29, 0.717) is 24.1 Å². The fraction of sp³-hybridized carbons (Fsp3) is 0.625. The molecule has 82 valence electrons. The summed E-state index contributed by atoms with van der Waals surface area (Å²) in [7, 11) is 0. The molecule has 3 N–H and O–H groups in total. The molecule has 1 aromatic heterocycles. The normalized spacial score (nSPS) is 18.0. The number of nitrogens with two attached hydrogens (primary N) is 1. The molecule has 0 aliphatic carbocycles. The summed E-state index contributed by atoms with van der Waals surface area (Å²) in [6, 6.07) is 0. The summed E-state index contributed by atoms with van der Waals surface area (Å²) in [4.78, 5) is 12.1. The number of nitrogens with zero attached hydrogens (tertiary/aromatic N) is 3. The standard InChI is InChI=1S/C8H12N4O2S/c9-7-11-10-6(15-7)5-1-3-12(4-2-5)8(13)14/h5H,1-4H2,(H2,9,11)(H,13,14). The minimum Gasteiger partial charge on any atom is -0.465 e. The van der Waals surface area contributed by atoms with Crippen molar-refractivity contribution in [3.8, 4) is 0 Å². The SMILES string of the molecule is Nc1nnc(C2CCN(C(=O)O)CC2)s1. The van der Waals surface area contributed by atoms with Crippen LogP contribution in [0.3, 0.4) is 0 Å². The zero-order valence-electron chi connectivity index (χ0n) is 8.09. The van der Waals surface area contributed by atoms with Crippen LogP contribution in [0.2, 0.25) is 0 Å². The molecule has 1 fully saturated rings. The number of carboxylic acid groups (broad SMARTS) is 1. The van der Waals surface area contributed by atoms with Crippen molar-refractivity contribution in [3.63, 3.8) is 0 Å². The summed E-state index contributed by atoms with van der Waals surface area (Å²) in [6.07, 6.45) is 0.771. The van der Waals surface area contributed by atoms with Crippen molar-refractivity contribution in [1.29, 1.82) is 0 Å². The smallest absolute Gasteiger partial charge is 0.407 e. The van der Waals surface area contributed by atoms with Crippen molar-refractivity contribution in [2.45, 2.75) is 18.8 Å². The van der Waals surface area contributed by atoms with Crippen molar-refractivity contribution in [3.05, 3.63) is 5.01 Å². The van der Waals surface area contributed by atoms with Crippen molar-refractivity contribution in [1.82, 2.24) is 15.1 Å². The molecule has 1 aliphatic rings. The predicted octanol–water partition coefficient (Wildman–Crippen LogP) is 0.978. The fourth-order valence-electron chi connectivity index (χ4n) is 1.73. The van der Waals surface area contributed by atoms with E-state index in [-0.39, 0.29) is 0 Å². The molecular formula is C8H12N4O2S. The van der Waals surface area contributed by atoms with E-state index in [9.17, 15) is 4.79 Å². The molecule has 0 aromatic carbocycles. The molecule has 1 aromatic rings. The first-order valence-corrected chi connectivity index (χ1v) is 5.55. The van der Waals surface area contributed by atoms with Gasteiger partial charge in [0.15, 0.2) is 0 Å². The summed E-state index contributed by atoms with van der Waals surface area (Å²) in [5, 5.41) is 17.9. The maximum Gasteiger partial charge on any atom is 0.407 e. The third-order valence-corrected chi connectivity index (χ3v) is 3.49. The van der Waals surface area contributed by atoms with Gasteiger partial charge >= 0.3 is 6.09 Å². The van der Waals surface area contributed by atoms with Crippen molar-refractivity contribution < 1.29 is 9.90 Å². The summed E-state index contributed by atoms with van der Waals surface area (Å²) in [5.41, 5.74) is 5.50. The average molecular weight is 228 g/mol. The van der Waals surface area contributed by atoms with Crippen LogP contribution in [0.5, 0.6) is 0 Å². The number of aromatic nitrogens is 2. The Bertz CT molecular complexity index is 359. The summed E-state index contributed by atoms with van der Waals surface area (Å²) >= 11 is 1.39. The van der Waals surface area contributed by atoms with E-state index in [1.54, 1.807) is 0 Å². The molecule has 0 bridgehead atoms.